The van der Waals surface area contributed by atoms with Crippen molar-refractivity contribution in [3.8, 4) is 17.0 Å². The predicted octanol–water partition coefficient (Wildman–Crippen LogP) is 4.24. The van der Waals surface area contributed by atoms with Gasteiger partial charge in [-0.15, -0.1) is 0 Å². The Morgan fingerprint density at radius 3 is 2.86 bits per heavy atom. The monoisotopic (exact) mass is 501 g/mol. The number of carbonyl (C=O) groups excluding carboxylic acids is 1. The van der Waals surface area contributed by atoms with Crippen LogP contribution in [0.5, 0.6) is 5.88 Å². The number of aryl methyl sites for hydroxylation is 1. The highest BCUT2D eigenvalue weighted by Gasteiger charge is 2.54. The molecule has 2 aliphatic rings. The van der Waals surface area contributed by atoms with E-state index in [9.17, 15) is 4.79 Å². The van der Waals surface area contributed by atoms with E-state index in [4.69, 9.17) is 10.5 Å². The fourth-order valence-electron chi connectivity index (χ4n) is 5.57. The molecule has 0 radical (unpaired) electrons. The zero-order valence-corrected chi connectivity index (χ0v) is 20.9. The quantitative estimate of drug-likeness (QED) is 0.350. The summed E-state index contributed by atoms with van der Waals surface area (Å²) >= 11 is 0. The molecule has 0 unspecified atom stereocenters. The summed E-state index contributed by atoms with van der Waals surface area (Å²) in [6, 6.07) is 3.46. The summed E-state index contributed by atoms with van der Waals surface area (Å²) in [4.78, 5) is 21.9. The van der Waals surface area contributed by atoms with E-state index in [2.05, 4.69) is 32.6 Å². The van der Waals surface area contributed by atoms with Gasteiger partial charge < -0.3 is 21.1 Å². The second-order valence-corrected chi connectivity index (χ2v) is 9.75. The molecule has 1 fully saturated rings. The molecule has 190 valence electrons. The molecule has 37 heavy (non-hydrogen) atoms. The summed E-state index contributed by atoms with van der Waals surface area (Å²) in [6.45, 7) is 5.17. The van der Waals surface area contributed by atoms with Crippen LogP contribution in [-0.4, -0.2) is 38.8 Å². The van der Waals surface area contributed by atoms with Crippen molar-refractivity contribution in [2.24, 2.45) is 18.9 Å². The molecule has 0 bridgehead atoms. The Morgan fingerprint density at radius 1 is 1.27 bits per heavy atom. The summed E-state index contributed by atoms with van der Waals surface area (Å²) in [6.07, 6.45) is 7.80. The molecule has 1 aliphatic carbocycles. The van der Waals surface area contributed by atoms with Gasteiger partial charge in [-0.05, 0) is 41.5 Å². The molecule has 4 heterocycles. The Kier molecular flexibility index (Phi) is 5.47. The number of ether oxygens (including phenoxy) is 1. The maximum Gasteiger partial charge on any atom is 0.237 e. The molecule has 4 N–H and O–H groups in total. The van der Waals surface area contributed by atoms with Crippen LogP contribution in [0.15, 0.2) is 36.9 Å². The van der Waals surface area contributed by atoms with Gasteiger partial charge in [0.1, 0.15) is 18.1 Å². The van der Waals surface area contributed by atoms with Crippen LogP contribution in [0.4, 0.5) is 21.6 Å². The standard InChI is InChI=1S/C27H28FN7O2/c1-4-16-21(15-9-33-35(3)12-15)22(16)26(36)34-20-8-14-7-17(23(28)24(29)19(14)11-31-20)18-10-32-27-25(13(18)2)30-5-6-37-27/h7-12,16,21-22,30H,4-6,29H2,1-3H3,(H,31,34,36)/t16-,21-,22-/m1/s1. The number of hydrogen-bond acceptors (Lipinski definition) is 7. The van der Waals surface area contributed by atoms with Gasteiger partial charge in [0.2, 0.25) is 11.8 Å². The number of amides is 1. The van der Waals surface area contributed by atoms with Crippen molar-refractivity contribution in [3.63, 3.8) is 0 Å². The van der Waals surface area contributed by atoms with E-state index in [0.29, 0.717) is 46.7 Å². The number of nitrogen functional groups attached to an aromatic ring is 1. The molecule has 1 saturated carbocycles. The van der Waals surface area contributed by atoms with Gasteiger partial charge in [0.05, 0.1) is 11.9 Å². The minimum absolute atomic E-state index is 0.00379. The normalized spacial score (nSPS) is 20.2. The number of pyridine rings is 2. The third kappa shape index (κ3) is 3.83. The van der Waals surface area contributed by atoms with Crippen LogP contribution in [0.2, 0.25) is 0 Å². The number of benzene rings is 1. The number of hydrogen-bond donors (Lipinski definition) is 3. The third-order valence-corrected chi connectivity index (χ3v) is 7.54. The molecule has 4 aromatic rings. The van der Waals surface area contributed by atoms with E-state index in [-0.39, 0.29) is 29.3 Å². The van der Waals surface area contributed by atoms with Gasteiger partial charge in [-0.2, -0.15) is 5.10 Å². The number of rotatable bonds is 5. The smallest absolute Gasteiger partial charge is 0.237 e. The largest absolute Gasteiger partial charge is 0.474 e. The van der Waals surface area contributed by atoms with Gasteiger partial charge in [0.25, 0.3) is 0 Å². The first-order valence-electron chi connectivity index (χ1n) is 12.4. The lowest BCUT2D eigenvalue weighted by Crippen LogP contribution is -2.20. The van der Waals surface area contributed by atoms with Crippen LogP contribution in [0.25, 0.3) is 21.9 Å². The van der Waals surface area contributed by atoms with E-state index in [0.717, 1.165) is 23.2 Å². The number of halogens is 1. The first kappa shape index (κ1) is 23.2. The van der Waals surface area contributed by atoms with Gasteiger partial charge in [0, 0.05) is 60.5 Å². The van der Waals surface area contributed by atoms with Crippen molar-refractivity contribution in [2.75, 3.05) is 29.5 Å². The van der Waals surface area contributed by atoms with Crippen molar-refractivity contribution in [1.29, 1.82) is 0 Å². The molecule has 0 saturated heterocycles. The number of anilines is 3. The molecule has 0 spiro atoms. The molecule has 1 aromatic carbocycles. The topological polar surface area (TPSA) is 120 Å². The second kappa shape index (κ2) is 8.72. The second-order valence-electron chi connectivity index (χ2n) is 9.75. The van der Waals surface area contributed by atoms with Crippen LogP contribution in [0, 0.1) is 24.6 Å². The SMILES string of the molecule is CC[C@H]1[C@@H](C(=O)Nc2cc3cc(-c4cnc5c(c4C)NCCO5)c(F)c(N)c3cn2)[C@@H]1c1cnn(C)c1. The Labute approximate surface area is 213 Å². The Morgan fingerprint density at radius 2 is 2.11 bits per heavy atom. The fourth-order valence-corrected chi connectivity index (χ4v) is 5.57. The predicted molar refractivity (Wildman–Crippen MR) is 140 cm³/mol. The highest BCUT2D eigenvalue weighted by Crippen LogP contribution is 2.56. The van der Waals surface area contributed by atoms with Gasteiger partial charge in [-0.25, -0.2) is 14.4 Å². The van der Waals surface area contributed by atoms with Crippen LogP contribution in [-0.2, 0) is 11.8 Å². The molecular formula is C27H28FN7O2. The number of fused-ring (bicyclic) bond motifs is 2. The molecule has 1 aliphatic heterocycles. The van der Waals surface area contributed by atoms with Crippen molar-refractivity contribution < 1.29 is 13.9 Å². The average molecular weight is 502 g/mol. The number of nitrogens with two attached hydrogens (primary N) is 1. The molecule has 3 atom stereocenters. The lowest BCUT2D eigenvalue weighted by Gasteiger charge is -2.22. The zero-order chi connectivity index (χ0) is 25.8. The van der Waals surface area contributed by atoms with Crippen molar-refractivity contribution >= 4 is 33.9 Å². The Hall–Kier alpha value is -4.21. The third-order valence-electron chi connectivity index (χ3n) is 7.54. The van der Waals surface area contributed by atoms with E-state index >= 15 is 4.39 Å². The molecule has 3 aromatic heterocycles. The van der Waals surface area contributed by atoms with Gasteiger partial charge in [-0.3, -0.25) is 9.48 Å². The number of nitrogens with zero attached hydrogens (tertiary/aromatic N) is 4. The maximum atomic E-state index is 15.4. The van der Waals surface area contributed by atoms with Crippen molar-refractivity contribution in [2.45, 2.75) is 26.2 Å². The van der Waals surface area contributed by atoms with Crippen molar-refractivity contribution in [3.05, 3.63) is 53.9 Å². The number of nitrogens with one attached hydrogen (secondary N) is 2. The van der Waals surface area contributed by atoms with Gasteiger partial charge in [-0.1, -0.05) is 13.3 Å². The highest BCUT2D eigenvalue weighted by atomic mass is 19.1. The summed E-state index contributed by atoms with van der Waals surface area (Å²) in [5.41, 5.74) is 9.81. The van der Waals surface area contributed by atoms with Crippen LogP contribution in [0.3, 0.4) is 0 Å². The summed E-state index contributed by atoms with van der Waals surface area (Å²) in [5, 5.41) is 11.6. The Bertz CT molecular complexity index is 1550. The lowest BCUT2D eigenvalue weighted by atomic mass is 9.97. The lowest BCUT2D eigenvalue weighted by molar-refractivity contribution is -0.117. The van der Waals surface area contributed by atoms with E-state index < -0.39 is 5.82 Å². The van der Waals surface area contributed by atoms with Crippen LogP contribution in [0.1, 0.15) is 30.4 Å². The molecule has 10 heteroatoms. The number of aromatic nitrogens is 4. The molecule has 9 nitrogen and oxygen atoms in total. The molecule has 1 amide bonds. The minimum atomic E-state index is -0.532. The maximum absolute atomic E-state index is 15.4. The minimum Gasteiger partial charge on any atom is -0.474 e. The first-order valence-corrected chi connectivity index (χ1v) is 12.4. The fraction of sp³-hybridized carbons (Fsp3) is 0.333. The van der Waals surface area contributed by atoms with E-state index in [1.54, 1.807) is 23.0 Å². The summed E-state index contributed by atoms with van der Waals surface area (Å²) in [5.74, 6) is 0.562. The Balaban J connectivity index is 1.32. The molecule has 6 rings (SSSR count). The first-order chi connectivity index (χ1) is 17.9. The van der Waals surface area contributed by atoms with E-state index in [1.807, 2.05) is 26.4 Å². The number of carbonyl (C=O) groups is 1. The molecular weight excluding hydrogens is 473 g/mol. The zero-order valence-electron chi connectivity index (χ0n) is 20.9. The van der Waals surface area contributed by atoms with Gasteiger partial charge >= 0.3 is 0 Å². The van der Waals surface area contributed by atoms with Crippen LogP contribution >= 0.6 is 0 Å². The summed E-state index contributed by atoms with van der Waals surface area (Å²) < 4.78 is 22.8. The average Bonchev–Trinajstić information content (AvgIpc) is 3.49. The highest BCUT2D eigenvalue weighted by molar-refractivity contribution is 6.01. The van der Waals surface area contributed by atoms with Crippen molar-refractivity contribution in [1.82, 2.24) is 19.7 Å². The van der Waals surface area contributed by atoms with Crippen LogP contribution < -0.4 is 21.1 Å². The van der Waals surface area contributed by atoms with E-state index in [1.165, 1.54) is 6.20 Å². The summed E-state index contributed by atoms with van der Waals surface area (Å²) in [7, 11) is 1.87. The van der Waals surface area contributed by atoms with Gasteiger partial charge in [0.15, 0.2) is 5.82 Å².